The molecule has 0 aromatic rings. The average molecular weight is 214 g/mol. The van der Waals surface area contributed by atoms with Crippen molar-refractivity contribution in [1.82, 2.24) is 0 Å². The van der Waals surface area contributed by atoms with Gasteiger partial charge in [0.05, 0.1) is 0 Å². The first kappa shape index (κ1) is 12.4. The third-order valence-corrected chi connectivity index (χ3v) is 3.44. The zero-order valence-electron chi connectivity index (χ0n) is 10.0. The van der Waals surface area contributed by atoms with E-state index in [4.69, 9.17) is 0 Å². The van der Waals surface area contributed by atoms with E-state index >= 15 is 0 Å². The smallest absolute Gasteiger partial charge is 0.207 e. The van der Waals surface area contributed by atoms with Gasteiger partial charge in [-0.2, -0.15) is 0 Å². The first-order chi connectivity index (χ1) is 6.86. The monoisotopic (exact) mass is 214 g/mol. The van der Waals surface area contributed by atoms with Crippen molar-refractivity contribution < 1.29 is 8.78 Å². The van der Waals surface area contributed by atoms with Gasteiger partial charge in [0.1, 0.15) is 0 Å². The number of alkyl halides is 2. The van der Waals surface area contributed by atoms with Gasteiger partial charge in [0.2, 0.25) is 5.92 Å². The minimum Gasteiger partial charge on any atom is -0.207 e. The molecule has 0 N–H and O–H groups in total. The lowest BCUT2D eigenvalue weighted by Gasteiger charge is -2.30. The fraction of sp³-hybridized carbons (Fsp3) is 0.692. The Kier molecular flexibility index (Phi) is 3.69. The van der Waals surface area contributed by atoms with Gasteiger partial charge in [0, 0.05) is 5.92 Å². The van der Waals surface area contributed by atoms with E-state index in [2.05, 4.69) is 13.0 Å². The van der Waals surface area contributed by atoms with Crippen molar-refractivity contribution in [2.24, 2.45) is 5.92 Å². The van der Waals surface area contributed by atoms with Crippen molar-refractivity contribution in [3.8, 4) is 0 Å². The first-order valence-electron chi connectivity index (χ1n) is 5.56. The first-order valence-corrected chi connectivity index (χ1v) is 5.56. The van der Waals surface area contributed by atoms with Gasteiger partial charge in [-0.1, -0.05) is 17.2 Å². The van der Waals surface area contributed by atoms with Crippen LogP contribution in [0.5, 0.6) is 0 Å². The molecule has 1 rings (SSSR count). The highest BCUT2D eigenvalue weighted by molar-refractivity contribution is 5.34. The van der Waals surface area contributed by atoms with E-state index in [0.717, 1.165) is 18.9 Å². The molecule has 1 unspecified atom stereocenters. The number of hydrogen-bond acceptors (Lipinski definition) is 0. The Balaban J connectivity index is 2.83. The minimum absolute atomic E-state index is 0.467. The molecule has 0 aromatic carbocycles. The summed E-state index contributed by atoms with van der Waals surface area (Å²) in [7, 11) is 0. The van der Waals surface area contributed by atoms with E-state index in [0.29, 0.717) is 12.8 Å². The Hall–Kier alpha value is -0.660. The van der Waals surface area contributed by atoms with Crippen LogP contribution < -0.4 is 0 Å². The van der Waals surface area contributed by atoms with Gasteiger partial charge in [-0.15, -0.1) is 0 Å². The predicted molar refractivity (Wildman–Crippen MR) is 60.1 cm³/mol. The summed E-state index contributed by atoms with van der Waals surface area (Å²) in [6.45, 7) is 7.08. The second-order valence-corrected chi connectivity index (χ2v) is 4.63. The zero-order chi connectivity index (χ0) is 11.6. The lowest BCUT2D eigenvalue weighted by atomic mass is 9.79. The topological polar surface area (TPSA) is 0 Å². The molecule has 0 radical (unpaired) electrons. The summed E-state index contributed by atoms with van der Waals surface area (Å²) in [4.78, 5) is 0. The van der Waals surface area contributed by atoms with Crippen molar-refractivity contribution in [3.05, 3.63) is 22.8 Å². The van der Waals surface area contributed by atoms with Gasteiger partial charge >= 0.3 is 0 Å². The predicted octanol–water partition coefficient (Wildman–Crippen LogP) is 4.72. The van der Waals surface area contributed by atoms with Gasteiger partial charge in [0.25, 0.3) is 0 Å². The van der Waals surface area contributed by atoms with Crippen LogP contribution in [0.4, 0.5) is 8.78 Å². The highest BCUT2D eigenvalue weighted by Gasteiger charge is 2.36. The quantitative estimate of drug-likeness (QED) is 0.623. The number of rotatable bonds is 2. The van der Waals surface area contributed by atoms with Crippen LogP contribution in [-0.4, -0.2) is 5.92 Å². The lowest BCUT2D eigenvalue weighted by molar-refractivity contribution is -0.0442. The van der Waals surface area contributed by atoms with Crippen molar-refractivity contribution in [2.45, 2.75) is 52.9 Å². The maximum absolute atomic E-state index is 13.2. The molecule has 0 amide bonds. The second kappa shape index (κ2) is 4.46. The Labute approximate surface area is 91.1 Å². The van der Waals surface area contributed by atoms with E-state index in [9.17, 15) is 8.78 Å². The maximum Gasteiger partial charge on any atom is 0.248 e. The third-order valence-electron chi connectivity index (χ3n) is 3.44. The van der Waals surface area contributed by atoms with E-state index in [1.807, 2.05) is 13.8 Å². The number of halogens is 2. The molecule has 0 aliphatic heterocycles. The summed E-state index contributed by atoms with van der Waals surface area (Å²) in [6.07, 6.45) is 4.02. The van der Waals surface area contributed by atoms with Crippen molar-refractivity contribution in [1.29, 1.82) is 0 Å². The van der Waals surface area contributed by atoms with E-state index < -0.39 is 11.8 Å². The molecular formula is C13H20F2. The molecule has 86 valence electrons. The zero-order valence-corrected chi connectivity index (χ0v) is 10.0. The normalized spacial score (nSPS) is 24.7. The molecule has 0 aromatic heterocycles. The van der Waals surface area contributed by atoms with Crippen LogP contribution >= 0.6 is 0 Å². The van der Waals surface area contributed by atoms with Crippen LogP contribution in [0.25, 0.3) is 0 Å². The molecule has 0 bridgehead atoms. The summed E-state index contributed by atoms with van der Waals surface area (Å²) >= 11 is 0. The highest BCUT2D eigenvalue weighted by atomic mass is 19.3. The van der Waals surface area contributed by atoms with Crippen LogP contribution in [0.1, 0.15) is 47.0 Å². The summed E-state index contributed by atoms with van der Waals surface area (Å²) < 4.78 is 26.3. The summed E-state index contributed by atoms with van der Waals surface area (Å²) in [6, 6.07) is 0. The molecule has 0 nitrogen and oxygen atoms in total. The van der Waals surface area contributed by atoms with Gasteiger partial charge in [-0.25, -0.2) is 8.78 Å². The molecule has 2 heteroatoms. The minimum atomic E-state index is -2.53. The van der Waals surface area contributed by atoms with Crippen LogP contribution in [0.15, 0.2) is 22.8 Å². The largest absolute Gasteiger partial charge is 0.248 e. The highest BCUT2D eigenvalue weighted by Crippen LogP contribution is 2.40. The van der Waals surface area contributed by atoms with Gasteiger partial charge in [0.15, 0.2) is 0 Å². The number of hydrogen-bond donors (Lipinski definition) is 0. The third kappa shape index (κ3) is 2.90. The number of allylic oxidation sites excluding steroid dienone is 4. The van der Waals surface area contributed by atoms with E-state index in [-0.39, 0.29) is 0 Å². The molecule has 0 spiro atoms. The van der Waals surface area contributed by atoms with Gasteiger partial charge < -0.3 is 0 Å². The molecule has 0 saturated carbocycles. The Morgan fingerprint density at radius 1 is 1.47 bits per heavy atom. The molecule has 1 atom stereocenters. The molecule has 0 fully saturated rings. The molecular weight excluding hydrogens is 194 g/mol. The fourth-order valence-electron chi connectivity index (χ4n) is 2.27. The molecule has 15 heavy (non-hydrogen) atoms. The van der Waals surface area contributed by atoms with Crippen LogP contribution in [0.3, 0.4) is 0 Å². The molecule has 0 saturated heterocycles. The van der Waals surface area contributed by atoms with E-state index in [1.165, 1.54) is 11.1 Å². The molecule has 0 heterocycles. The van der Waals surface area contributed by atoms with Crippen molar-refractivity contribution in [3.63, 3.8) is 0 Å². The lowest BCUT2D eigenvalue weighted by Crippen LogP contribution is -2.27. The fourth-order valence-corrected chi connectivity index (χ4v) is 2.27. The Morgan fingerprint density at radius 2 is 2.07 bits per heavy atom. The maximum atomic E-state index is 13.2. The van der Waals surface area contributed by atoms with Gasteiger partial charge in [-0.05, 0) is 52.5 Å². The Morgan fingerprint density at radius 3 is 2.47 bits per heavy atom. The second-order valence-electron chi connectivity index (χ2n) is 4.63. The van der Waals surface area contributed by atoms with Crippen LogP contribution in [-0.2, 0) is 0 Å². The summed E-state index contributed by atoms with van der Waals surface area (Å²) in [5, 5.41) is 0. The van der Waals surface area contributed by atoms with Crippen molar-refractivity contribution in [2.75, 3.05) is 0 Å². The van der Waals surface area contributed by atoms with Crippen molar-refractivity contribution >= 4 is 0 Å². The SMILES string of the molecule is C/C=C(/C)C1=C(C)CC(C(C)(F)F)CC1. The molecule has 1 aliphatic carbocycles. The standard InChI is InChI=1S/C13H20F2/c1-5-9(2)12-7-6-11(8-10(12)3)13(4,14)15/h5,11H,6-8H2,1-4H3/b9-5-. The summed E-state index contributed by atoms with van der Waals surface area (Å²) in [5.74, 6) is -3.00. The van der Waals surface area contributed by atoms with Gasteiger partial charge in [-0.3, -0.25) is 0 Å². The van der Waals surface area contributed by atoms with Crippen LogP contribution in [0, 0.1) is 5.92 Å². The molecule has 1 aliphatic rings. The van der Waals surface area contributed by atoms with E-state index in [1.54, 1.807) is 0 Å². The summed E-state index contributed by atoms with van der Waals surface area (Å²) in [5.41, 5.74) is 3.67. The Bertz CT molecular complexity index is 292. The average Bonchev–Trinajstić information content (AvgIpc) is 2.15. The van der Waals surface area contributed by atoms with Crippen LogP contribution in [0.2, 0.25) is 0 Å².